The van der Waals surface area contributed by atoms with Crippen LogP contribution in [0.2, 0.25) is 0 Å². The summed E-state index contributed by atoms with van der Waals surface area (Å²) in [6.07, 6.45) is 0.712. The average Bonchev–Trinajstić information content (AvgIpc) is 3.55. The number of rotatable bonds is 8. The average molecular weight is 404 g/mol. The number of anilines is 1. The van der Waals surface area contributed by atoms with Gasteiger partial charge >= 0.3 is 5.97 Å². The molecule has 3 aromatic rings. The third-order valence-electron chi connectivity index (χ3n) is 5.12. The first-order valence-electron chi connectivity index (χ1n) is 9.57. The Kier molecular flexibility index (Phi) is 5.34. The van der Waals surface area contributed by atoms with Crippen molar-refractivity contribution in [2.75, 3.05) is 5.32 Å². The molecule has 152 valence electrons. The van der Waals surface area contributed by atoms with E-state index in [1.807, 2.05) is 48.5 Å². The topological polar surface area (TPSA) is 102 Å². The Morgan fingerprint density at radius 2 is 1.80 bits per heavy atom. The predicted molar refractivity (Wildman–Crippen MR) is 112 cm³/mol. The minimum atomic E-state index is -0.724. The fraction of sp³-hybridized carbons (Fsp3) is 0.174. The van der Waals surface area contributed by atoms with Crippen LogP contribution < -0.4 is 10.1 Å². The van der Waals surface area contributed by atoms with Crippen molar-refractivity contribution in [2.45, 2.75) is 18.9 Å². The fourth-order valence-electron chi connectivity index (χ4n) is 3.38. The van der Waals surface area contributed by atoms with Crippen molar-refractivity contribution in [3.8, 4) is 11.5 Å². The quantitative estimate of drug-likeness (QED) is 0.396. The molecular weight excluding hydrogens is 384 g/mol. The highest BCUT2D eigenvalue weighted by atomic mass is 16.6. The number of aliphatic carboxylic acids is 1. The van der Waals surface area contributed by atoms with E-state index in [1.165, 1.54) is 12.1 Å². The highest BCUT2D eigenvalue weighted by Crippen LogP contribution is 2.47. The minimum Gasteiger partial charge on any atom is -0.481 e. The molecule has 7 heteroatoms. The second-order valence-electron chi connectivity index (χ2n) is 7.26. The summed E-state index contributed by atoms with van der Waals surface area (Å²) >= 11 is 0. The Labute approximate surface area is 173 Å². The monoisotopic (exact) mass is 404 g/mol. The number of nitro benzene ring substituents is 1. The third kappa shape index (κ3) is 4.57. The van der Waals surface area contributed by atoms with Crippen LogP contribution in [0, 0.1) is 16.0 Å². The first-order valence-corrected chi connectivity index (χ1v) is 9.57. The van der Waals surface area contributed by atoms with Crippen molar-refractivity contribution in [3.05, 3.63) is 94.0 Å². The van der Waals surface area contributed by atoms with Gasteiger partial charge in [-0.15, -0.1) is 0 Å². The summed E-state index contributed by atoms with van der Waals surface area (Å²) in [5.41, 5.74) is 3.05. The van der Waals surface area contributed by atoms with E-state index in [-0.39, 0.29) is 17.5 Å². The van der Waals surface area contributed by atoms with Gasteiger partial charge in [0.25, 0.3) is 5.69 Å². The highest BCUT2D eigenvalue weighted by molar-refractivity contribution is 5.75. The van der Waals surface area contributed by atoms with Gasteiger partial charge in [0.15, 0.2) is 0 Å². The van der Waals surface area contributed by atoms with Crippen LogP contribution >= 0.6 is 0 Å². The molecule has 2 N–H and O–H groups in total. The molecule has 0 spiro atoms. The normalized spacial score (nSPS) is 17.2. The van der Waals surface area contributed by atoms with Crippen LogP contribution in [0.5, 0.6) is 11.5 Å². The van der Waals surface area contributed by atoms with Gasteiger partial charge in [-0.1, -0.05) is 24.3 Å². The van der Waals surface area contributed by atoms with Crippen LogP contribution in [-0.2, 0) is 11.3 Å². The molecule has 0 heterocycles. The van der Waals surface area contributed by atoms with Crippen LogP contribution in [0.25, 0.3) is 0 Å². The zero-order valence-electron chi connectivity index (χ0n) is 16.0. The molecule has 30 heavy (non-hydrogen) atoms. The van der Waals surface area contributed by atoms with Crippen LogP contribution in [-0.4, -0.2) is 16.0 Å². The summed E-state index contributed by atoms with van der Waals surface area (Å²) in [6.45, 7) is 0.595. The molecule has 0 saturated heterocycles. The molecule has 0 aromatic heterocycles. The molecule has 1 fully saturated rings. The summed E-state index contributed by atoms with van der Waals surface area (Å²) in [7, 11) is 0. The number of nitro groups is 1. The lowest BCUT2D eigenvalue weighted by Crippen LogP contribution is -2.00. The third-order valence-corrected chi connectivity index (χ3v) is 5.12. The molecular formula is C23H20N2O5. The highest BCUT2D eigenvalue weighted by Gasteiger charge is 2.43. The van der Waals surface area contributed by atoms with E-state index in [0.29, 0.717) is 24.5 Å². The largest absolute Gasteiger partial charge is 0.481 e. The second kappa shape index (κ2) is 8.24. The lowest BCUT2D eigenvalue weighted by molar-refractivity contribution is -0.384. The Morgan fingerprint density at radius 3 is 2.43 bits per heavy atom. The van der Waals surface area contributed by atoms with Crippen molar-refractivity contribution in [2.24, 2.45) is 5.92 Å². The summed E-state index contributed by atoms with van der Waals surface area (Å²) in [5.74, 6) is 0.332. The molecule has 0 unspecified atom stereocenters. The number of non-ortho nitro benzene ring substituents is 1. The lowest BCUT2D eigenvalue weighted by Gasteiger charge is -2.10. The SMILES string of the molecule is O=C(O)[C@@H]1C[C@H]1c1ccc(NCc2cccc(Oc3ccc([N+](=O)[O-])cc3)c2)cc1. The number of carboxylic acids is 1. The number of carbonyl (C=O) groups is 1. The fourth-order valence-corrected chi connectivity index (χ4v) is 3.38. The van der Waals surface area contributed by atoms with E-state index in [2.05, 4.69) is 5.32 Å². The minimum absolute atomic E-state index is 0.0199. The molecule has 0 radical (unpaired) electrons. The summed E-state index contributed by atoms with van der Waals surface area (Å²) < 4.78 is 5.79. The van der Waals surface area contributed by atoms with E-state index in [1.54, 1.807) is 12.1 Å². The molecule has 1 aliphatic rings. The van der Waals surface area contributed by atoms with Gasteiger partial charge in [0.05, 0.1) is 10.8 Å². The van der Waals surface area contributed by atoms with Crippen molar-refractivity contribution < 1.29 is 19.6 Å². The summed E-state index contributed by atoms with van der Waals surface area (Å²) in [4.78, 5) is 21.3. The smallest absolute Gasteiger partial charge is 0.307 e. The van der Waals surface area contributed by atoms with Crippen LogP contribution in [0.1, 0.15) is 23.5 Å². The number of ether oxygens (including phenoxy) is 1. The van der Waals surface area contributed by atoms with Gasteiger partial charge in [-0.3, -0.25) is 14.9 Å². The Balaban J connectivity index is 1.34. The van der Waals surface area contributed by atoms with Gasteiger partial charge in [0, 0.05) is 24.4 Å². The second-order valence-corrected chi connectivity index (χ2v) is 7.26. The molecule has 1 saturated carbocycles. The predicted octanol–water partition coefficient (Wildman–Crippen LogP) is 5.19. The zero-order valence-corrected chi connectivity index (χ0v) is 16.0. The van der Waals surface area contributed by atoms with E-state index in [9.17, 15) is 14.9 Å². The maximum absolute atomic E-state index is 11.0. The van der Waals surface area contributed by atoms with Crippen molar-refractivity contribution >= 4 is 17.3 Å². The van der Waals surface area contributed by atoms with Crippen molar-refractivity contribution in [1.82, 2.24) is 0 Å². The molecule has 1 aliphatic carbocycles. The Hall–Kier alpha value is -3.87. The maximum atomic E-state index is 11.0. The zero-order chi connectivity index (χ0) is 21.1. The molecule has 3 aromatic carbocycles. The van der Waals surface area contributed by atoms with Gasteiger partial charge in [0.2, 0.25) is 0 Å². The number of nitrogens with one attached hydrogen (secondary N) is 1. The van der Waals surface area contributed by atoms with E-state index in [0.717, 1.165) is 16.8 Å². The Bertz CT molecular complexity index is 1060. The van der Waals surface area contributed by atoms with Crippen LogP contribution in [0.3, 0.4) is 0 Å². The van der Waals surface area contributed by atoms with Crippen LogP contribution in [0.4, 0.5) is 11.4 Å². The number of hydrogen-bond donors (Lipinski definition) is 2. The van der Waals surface area contributed by atoms with E-state index >= 15 is 0 Å². The van der Waals surface area contributed by atoms with Crippen molar-refractivity contribution in [1.29, 1.82) is 0 Å². The molecule has 2 atom stereocenters. The van der Waals surface area contributed by atoms with Gasteiger partial charge in [-0.05, 0) is 59.9 Å². The Morgan fingerprint density at radius 1 is 1.07 bits per heavy atom. The lowest BCUT2D eigenvalue weighted by atomic mass is 10.1. The molecule has 0 aliphatic heterocycles. The first kappa shape index (κ1) is 19.4. The standard InChI is InChI=1S/C23H20N2O5/c26-23(27)22-13-21(22)16-4-6-17(7-5-16)24-14-15-2-1-3-20(12-15)30-19-10-8-18(9-11-19)25(28)29/h1-12,21-22,24H,13-14H2,(H,26,27)/t21-,22+/m0/s1. The van der Waals surface area contributed by atoms with Crippen LogP contribution in [0.15, 0.2) is 72.8 Å². The van der Waals surface area contributed by atoms with E-state index in [4.69, 9.17) is 9.84 Å². The van der Waals surface area contributed by atoms with Gasteiger partial charge in [0.1, 0.15) is 11.5 Å². The van der Waals surface area contributed by atoms with Gasteiger partial charge in [-0.2, -0.15) is 0 Å². The molecule has 4 rings (SSSR count). The van der Waals surface area contributed by atoms with Gasteiger partial charge in [-0.25, -0.2) is 0 Å². The van der Waals surface area contributed by atoms with Gasteiger partial charge < -0.3 is 15.2 Å². The maximum Gasteiger partial charge on any atom is 0.307 e. The number of benzene rings is 3. The number of hydrogen-bond acceptors (Lipinski definition) is 5. The van der Waals surface area contributed by atoms with Crippen molar-refractivity contribution in [3.63, 3.8) is 0 Å². The van der Waals surface area contributed by atoms with E-state index < -0.39 is 10.9 Å². The first-order chi connectivity index (χ1) is 14.5. The number of carboxylic acid groups (broad SMARTS) is 1. The number of nitrogens with zero attached hydrogens (tertiary/aromatic N) is 1. The summed E-state index contributed by atoms with van der Waals surface area (Å²) in [6, 6.07) is 21.4. The molecule has 0 amide bonds. The molecule has 0 bridgehead atoms. The summed E-state index contributed by atoms with van der Waals surface area (Å²) in [5, 5.41) is 23.1. The molecule has 7 nitrogen and oxygen atoms in total.